The fraction of sp³-hybridized carbons (Fsp3) is 0. The molecule has 0 saturated carbocycles. The summed E-state index contributed by atoms with van der Waals surface area (Å²) >= 11 is 0. The van der Waals surface area contributed by atoms with Gasteiger partial charge in [-0.2, -0.15) is 0 Å². The number of hydrogen-bond donors (Lipinski definition) is 0. The largest absolute Gasteiger partial charge is 0.471 e. The molecule has 2 heteroatoms. The number of ether oxygens (including phenoxy) is 1. The van der Waals surface area contributed by atoms with Crippen molar-refractivity contribution in [1.82, 2.24) is 0 Å². The molecule has 0 unspecified atom stereocenters. The Hall–Kier alpha value is -1.05. The standard InChI is InChI=1S/C5H5NO/c1-2-6-3-5-7-4-1/h1-5H. The van der Waals surface area contributed by atoms with Crippen molar-refractivity contribution >= 4 is 6.21 Å². The van der Waals surface area contributed by atoms with Crippen LogP contribution in [0.2, 0.25) is 0 Å². The van der Waals surface area contributed by atoms with E-state index in [2.05, 4.69) is 4.99 Å². The molecule has 0 aromatic heterocycles. The van der Waals surface area contributed by atoms with Gasteiger partial charge in [-0.25, -0.2) is 0 Å². The fourth-order valence-electron chi connectivity index (χ4n) is 0.296. The van der Waals surface area contributed by atoms with E-state index in [1.165, 1.54) is 6.26 Å². The number of allylic oxidation sites excluding steroid dienone is 1. The van der Waals surface area contributed by atoms with Crippen LogP contribution >= 0.6 is 0 Å². The summed E-state index contributed by atoms with van der Waals surface area (Å²) in [6, 6.07) is 0. The van der Waals surface area contributed by atoms with Gasteiger partial charge in [0.25, 0.3) is 0 Å². The molecule has 0 amide bonds. The predicted molar refractivity (Wildman–Crippen MR) is 27.9 cm³/mol. The Morgan fingerprint density at radius 2 is 2.29 bits per heavy atom. The Bertz CT molecular complexity index is 110. The van der Waals surface area contributed by atoms with E-state index >= 15 is 0 Å². The van der Waals surface area contributed by atoms with Crippen LogP contribution in [0.3, 0.4) is 0 Å². The van der Waals surface area contributed by atoms with Crippen LogP contribution < -0.4 is 0 Å². The van der Waals surface area contributed by atoms with Crippen LogP contribution in [0.1, 0.15) is 0 Å². The summed E-state index contributed by atoms with van der Waals surface area (Å²) in [7, 11) is 0. The SMILES string of the molecule is C1=COC=CN=C1. The van der Waals surface area contributed by atoms with E-state index in [1.54, 1.807) is 24.8 Å². The monoisotopic (exact) mass is 95.0 g/mol. The van der Waals surface area contributed by atoms with Crippen LogP contribution in [0, 0.1) is 0 Å². The summed E-state index contributed by atoms with van der Waals surface area (Å²) in [4.78, 5) is 3.75. The molecule has 0 aliphatic carbocycles. The second kappa shape index (κ2) is 2.18. The quantitative estimate of drug-likeness (QED) is 0.441. The van der Waals surface area contributed by atoms with Gasteiger partial charge in [0.15, 0.2) is 0 Å². The summed E-state index contributed by atoms with van der Waals surface area (Å²) in [6.07, 6.45) is 8.04. The van der Waals surface area contributed by atoms with Crippen molar-refractivity contribution in [1.29, 1.82) is 0 Å². The van der Waals surface area contributed by atoms with Crippen LogP contribution in [0.4, 0.5) is 0 Å². The lowest BCUT2D eigenvalue weighted by atomic mass is 10.7. The minimum Gasteiger partial charge on any atom is -0.471 e. The van der Waals surface area contributed by atoms with Gasteiger partial charge >= 0.3 is 0 Å². The highest BCUT2D eigenvalue weighted by Gasteiger charge is 1.70. The van der Waals surface area contributed by atoms with Crippen LogP contribution in [0.25, 0.3) is 0 Å². The average Bonchev–Trinajstić information content (AvgIpc) is 1.90. The number of hydrogen-bond acceptors (Lipinski definition) is 2. The normalized spacial score (nSPS) is 16.0. The third-order valence-corrected chi connectivity index (χ3v) is 0.555. The molecule has 0 atom stereocenters. The summed E-state index contributed by atoms with van der Waals surface area (Å²) in [5.41, 5.74) is 0. The highest BCUT2D eigenvalue weighted by Crippen LogP contribution is 1.84. The number of nitrogens with zero attached hydrogens (tertiary/aromatic N) is 1. The van der Waals surface area contributed by atoms with Crippen LogP contribution in [0.5, 0.6) is 0 Å². The van der Waals surface area contributed by atoms with E-state index in [0.717, 1.165) is 0 Å². The molecular weight excluding hydrogens is 90.1 g/mol. The number of aliphatic imine (C=N–C) groups is 1. The van der Waals surface area contributed by atoms with Gasteiger partial charge in [0.05, 0.1) is 12.5 Å². The highest BCUT2D eigenvalue weighted by molar-refractivity contribution is 5.71. The molecule has 1 rings (SSSR count). The van der Waals surface area contributed by atoms with Crippen molar-refractivity contribution in [2.24, 2.45) is 4.99 Å². The van der Waals surface area contributed by atoms with E-state index in [-0.39, 0.29) is 0 Å². The van der Waals surface area contributed by atoms with Gasteiger partial charge < -0.3 is 4.74 Å². The zero-order chi connectivity index (χ0) is 4.95. The van der Waals surface area contributed by atoms with Crippen LogP contribution in [-0.4, -0.2) is 6.21 Å². The Labute approximate surface area is 41.8 Å². The molecule has 0 aromatic rings. The Morgan fingerprint density at radius 1 is 1.29 bits per heavy atom. The topological polar surface area (TPSA) is 21.6 Å². The molecule has 0 aromatic carbocycles. The zero-order valence-electron chi connectivity index (χ0n) is 3.74. The van der Waals surface area contributed by atoms with Crippen molar-refractivity contribution in [3.63, 3.8) is 0 Å². The second-order valence-corrected chi connectivity index (χ2v) is 1.05. The molecule has 0 radical (unpaired) electrons. The first kappa shape index (κ1) is 4.12. The van der Waals surface area contributed by atoms with E-state index in [1.807, 2.05) is 0 Å². The van der Waals surface area contributed by atoms with Gasteiger partial charge in [-0.05, 0) is 6.08 Å². The minimum absolute atomic E-state index is 1.51. The van der Waals surface area contributed by atoms with E-state index in [4.69, 9.17) is 4.74 Å². The van der Waals surface area contributed by atoms with Gasteiger partial charge in [-0.1, -0.05) is 0 Å². The molecular formula is C5H5NO. The molecule has 36 valence electrons. The van der Waals surface area contributed by atoms with E-state index in [9.17, 15) is 0 Å². The lowest BCUT2D eigenvalue weighted by Gasteiger charge is -1.78. The predicted octanol–water partition coefficient (Wildman–Crippen LogP) is 1.07. The second-order valence-electron chi connectivity index (χ2n) is 1.05. The Balaban J connectivity index is 2.60. The summed E-state index contributed by atoms with van der Waals surface area (Å²) in [5.74, 6) is 0. The maximum atomic E-state index is 4.71. The average molecular weight is 95.1 g/mol. The maximum absolute atomic E-state index is 4.71. The number of rotatable bonds is 0. The molecule has 2 nitrogen and oxygen atoms in total. The lowest BCUT2D eigenvalue weighted by Crippen LogP contribution is -1.58. The molecule has 1 aliphatic rings. The van der Waals surface area contributed by atoms with E-state index < -0.39 is 0 Å². The lowest BCUT2D eigenvalue weighted by molar-refractivity contribution is 0.403. The zero-order valence-corrected chi connectivity index (χ0v) is 3.74. The molecule has 7 heavy (non-hydrogen) atoms. The van der Waals surface area contributed by atoms with Crippen LogP contribution in [-0.2, 0) is 4.74 Å². The molecule has 0 fully saturated rings. The van der Waals surface area contributed by atoms with Gasteiger partial charge in [0.1, 0.15) is 6.26 Å². The fourth-order valence-corrected chi connectivity index (χ4v) is 0.296. The summed E-state index contributed by atoms with van der Waals surface area (Å²) in [6.45, 7) is 0. The van der Waals surface area contributed by atoms with Crippen molar-refractivity contribution in [3.05, 3.63) is 24.8 Å². The van der Waals surface area contributed by atoms with E-state index in [0.29, 0.717) is 0 Å². The smallest absolute Gasteiger partial charge is 0.108 e. The first-order valence-electron chi connectivity index (χ1n) is 1.99. The highest BCUT2D eigenvalue weighted by atomic mass is 16.5. The van der Waals surface area contributed by atoms with Crippen LogP contribution in [0.15, 0.2) is 29.8 Å². The third kappa shape index (κ3) is 1.22. The molecule has 0 spiro atoms. The molecule has 1 aliphatic heterocycles. The van der Waals surface area contributed by atoms with Gasteiger partial charge in [-0.3, -0.25) is 4.99 Å². The van der Waals surface area contributed by atoms with Gasteiger partial charge in [0, 0.05) is 6.21 Å². The van der Waals surface area contributed by atoms with Crippen molar-refractivity contribution in [2.75, 3.05) is 0 Å². The maximum Gasteiger partial charge on any atom is 0.108 e. The molecule has 0 bridgehead atoms. The minimum atomic E-state index is 1.51. The first-order valence-corrected chi connectivity index (χ1v) is 1.99. The first-order chi connectivity index (χ1) is 3.50. The Morgan fingerprint density at radius 3 is 3.29 bits per heavy atom. The molecule has 0 N–H and O–H groups in total. The molecule has 0 saturated heterocycles. The van der Waals surface area contributed by atoms with Gasteiger partial charge in [-0.15, -0.1) is 0 Å². The third-order valence-electron chi connectivity index (χ3n) is 0.555. The summed E-state index contributed by atoms with van der Waals surface area (Å²) in [5, 5.41) is 0. The summed E-state index contributed by atoms with van der Waals surface area (Å²) < 4.78 is 4.71. The Kier molecular flexibility index (Phi) is 1.28. The van der Waals surface area contributed by atoms with Crippen molar-refractivity contribution in [3.8, 4) is 0 Å². The van der Waals surface area contributed by atoms with Gasteiger partial charge in [0.2, 0.25) is 0 Å². The van der Waals surface area contributed by atoms with Crippen molar-refractivity contribution in [2.45, 2.75) is 0 Å². The molecule has 1 heterocycles. The van der Waals surface area contributed by atoms with Crippen molar-refractivity contribution < 1.29 is 4.74 Å².